The lowest BCUT2D eigenvalue weighted by Gasteiger charge is -2.14. The lowest BCUT2D eigenvalue weighted by molar-refractivity contribution is 0.173. The molecule has 4 nitrogen and oxygen atoms in total. The van der Waals surface area contributed by atoms with Crippen molar-refractivity contribution in [2.45, 2.75) is 26.3 Å². The predicted molar refractivity (Wildman–Crippen MR) is 69.8 cm³/mol. The average molecular weight is 251 g/mol. The highest BCUT2D eigenvalue weighted by molar-refractivity contribution is 5.48. The van der Waals surface area contributed by atoms with Crippen LogP contribution >= 0.6 is 0 Å². The Balaban J connectivity index is 1.85. The molecule has 0 radical (unpaired) electrons. The maximum atomic E-state index is 8.95. The largest absolute Gasteiger partial charge is 0.454 e. The van der Waals surface area contributed by atoms with E-state index in [4.69, 9.17) is 14.6 Å². The summed E-state index contributed by atoms with van der Waals surface area (Å²) in [5.41, 5.74) is 1.13. The van der Waals surface area contributed by atoms with Gasteiger partial charge in [-0.15, -0.1) is 0 Å². The number of hydrogen-bond donors (Lipinski definition) is 2. The maximum Gasteiger partial charge on any atom is 0.231 e. The quantitative estimate of drug-likeness (QED) is 0.777. The van der Waals surface area contributed by atoms with Gasteiger partial charge in [0.15, 0.2) is 11.5 Å². The zero-order chi connectivity index (χ0) is 12.8. The third kappa shape index (κ3) is 3.15. The highest BCUT2D eigenvalue weighted by Crippen LogP contribution is 2.35. The van der Waals surface area contributed by atoms with Crippen LogP contribution < -0.4 is 14.8 Å². The van der Waals surface area contributed by atoms with Gasteiger partial charge < -0.3 is 19.9 Å². The van der Waals surface area contributed by atoms with E-state index in [-0.39, 0.29) is 6.61 Å². The molecule has 1 aliphatic rings. The summed E-state index contributed by atoms with van der Waals surface area (Å²) < 4.78 is 10.8. The van der Waals surface area contributed by atoms with E-state index in [0.29, 0.717) is 12.7 Å². The van der Waals surface area contributed by atoms with Crippen molar-refractivity contribution in [1.82, 2.24) is 5.32 Å². The van der Waals surface area contributed by atoms with Crippen LogP contribution in [0.1, 0.15) is 25.3 Å². The third-order valence-electron chi connectivity index (χ3n) is 3.34. The fraction of sp³-hybridized carbons (Fsp3) is 0.571. The summed E-state index contributed by atoms with van der Waals surface area (Å²) >= 11 is 0. The number of aliphatic hydroxyl groups excluding tert-OH is 1. The Labute approximate surface area is 108 Å². The first kappa shape index (κ1) is 13.2. The molecule has 18 heavy (non-hydrogen) atoms. The van der Waals surface area contributed by atoms with Crippen molar-refractivity contribution in [1.29, 1.82) is 0 Å². The number of aliphatic hydroxyl groups is 1. The Morgan fingerprint density at radius 1 is 1.39 bits per heavy atom. The Morgan fingerprint density at radius 2 is 2.28 bits per heavy atom. The number of nitrogens with one attached hydrogen (secondary N) is 1. The van der Waals surface area contributed by atoms with Crippen molar-refractivity contribution in [2.75, 3.05) is 19.9 Å². The zero-order valence-electron chi connectivity index (χ0n) is 10.8. The monoisotopic (exact) mass is 251 g/mol. The van der Waals surface area contributed by atoms with E-state index in [1.807, 2.05) is 18.2 Å². The summed E-state index contributed by atoms with van der Waals surface area (Å²) in [5.74, 6) is 2.22. The van der Waals surface area contributed by atoms with Crippen LogP contribution in [-0.4, -0.2) is 25.1 Å². The van der Waals surface area contributed by atoms with Crippen LogP contribution in [0.5, 0.6) is 11.5 Å². The van der Waals surface area contributed by atoms with Crippen LogP contribution in [-0.2, 0) is 6.54 Å². The Bertz CT molecular complexity index is 381. The number of benzene rings is 1. The van der Waals surface area contributed by atoms with Gasteiger partial charge in [0, 0.05) is 18.7 Å². The minimum absolute atomic E-state index is 0.262. The number of hydrogen-bond acceptors (Lipinski definition) is 4. The first-order valence-corrected chi connectivity index (χ1v) is 6.54. The lowest BCUT2D eigenvalue weighted by Crippen LogP contribution is -2.23. The van der Waals surface area contributed by atoms with Crippen molar-refractivity contribution in [3.8, 4) is 11.5 Å². The molecule has 4 heteroatoms. The molecule has 2 rings (SSSR count). The molecule has 0 saturated heterocycles. The van der Waals surface area contributed by atoms with E-state index in [2.05, 4.69) is 12.2 Å². The van der Waals surface area contributed by atoms with Gasteiger partial charge >= 0.3 is 0 Å². The highest BCUT2D eigenvalue weighted by Gasteiger charge is 2.16. The van der Waals surface area contributed by atoms with Gasteiger partial charge in [0.05, 0.1) is 0 Å². The Kier molecular flexibility index (Phi) is 4.84. The minimum atomic E-state index is 0.262. The number of ether oxygens (including phenoxy) is 2. The molecule has 0 fully saturated rings. The molecule has 1 aromatic carbocycles. The fourth-order valence-electron chi connectivity index (χ4n) is 2.17. The summed E-state index contributed by atoms with van der Waals surface area (Å²) in [5, 5.41) is 12.4. The van der Waals surface area contributed by atoms with Crippen LogP contribution in [0.2, 0.25) is 0 Å². The first-order valence-electron chi connectivity index (χ1n) is 6.54. The maximum absolute atomic E-state index is 8.95. The van der Waals surface area contributed by atoms with Crippen LogP contribution in [0.15, 0.2) is 18.2 Å². The number of para-hydroxylation sites is 1. The molecule has 1 heterocycles. The van der Waals surface area contributed by atoms with Gasteiger partial charge in [0.25, 0.3) is 0 Å². The number of rotatable bonds is 7. The summed E-state index contributed by atoms with van der Waals surface area (Å²) in [6.07, 6.45) is 1.94. The van der Waals surface area contributed by atoms with Crippen LogP contribution in [0.4, 0.5) is 0 Å². The van der Waals surface area contributed by atoms with E-state index < -0.39 is 0 Å². The zero-order valence-corrected chi connectivity index (χ0v) is 10.8. The van der Waals surface area contributed by atoms with Gasteiger partial charge in [-0.05, 0) is 24.9 Å². The van der Waals surface area contributed by atoms with Gasteiger partial charge in [0.2, 0.25) is 6.79 Å². The molecule has 0 amide bonds. The topological polar surface area (TPSA) is 50.7 Å². The van der Waals surface area contributed by atoms with Crippen molar-refractivity contribution in [3.63, 3.8) is 0 Å². The second-order valence-electron chi connectivity index (χ2n) is 4.57. The molecule has 0 spiro atoms. The number of fused-ring (bicyclic) bond motifs is 1. The second kappa shape index (κ2) is 6.61. The summed E-state index contributed by atoms with van der Waals surface area (Å²) in [6, 6.07) is 5.95. The molecule has 1 atom stereocenters. The molecule has 0 bridgehead atoms. The smallest absolute Gasteiger partial charge is 0.231 e. The van der Waals surface area contributed by atoms with E-state index in [0.717, 1.165) is 43.0 Å². The predicted octanol–water partition coefficient (Wildman–Crippen LogP) is 1.91. The molecular weight excluding hydrogens is 230 g/mol. The van der Waals surface area contributed by atoms with Crippen LogP contribution in [0.3, 0.4) is 0 Å². The molecule has 2 N–H and O–H groups in total. The van der Waals surface area contributed by atoms with Gasteiger partial charge in [-0.1, -0.05) is 25.5 Å². The van der Waals surface area contributed by atoms with E-state index >= 15 is 0 Å². The Hall–Kier alpha value is -1.26. The summed E-state index contributed by atoms with van der Waals surface area (Å²) in [7, 11) is 0. The van der Waals surface area contributed by atoms with Gasteiger partial charge in [0.1, 0.15) is 0 Å². The molecule has 0 aliphatic carbocycles. The molecular formula is C14H21NO3. The van der Waals surface area contributed by atoms with Crippen molar-refractivity contribution >= 4 is 0 Å². The summed E-state index contributed by atoms with van der Waals surface area (Å²) in [6.45, 7) is 4.42. The molecule has 100 valence electrons. The van der Waals surface area contributed by atoms with Crippen molar-refractivity contribution in [2.24, 2.45) is 5.92 Å². The van der Waals surface area contributed by atoms with Crippen molar-refractivity contribution < 1.29 is 14.6 Å². The molecule has 1 unspecified atom stereocenters. The van der Waals surface area contributed by atoms with E-state index in [1.165, 1.54) is 0 Å². The van der Waals surface area contributed by atoms with Gasteiger partial charge in [-0.2, -0.15) is 0 Å². The van der Waals surface area contributed by atoms with Crippen LogP contribution in [0, 0.1) is 5.92 Å². The molecule has 0 aromatic heterocycles. The molecule has 1 aromatic rings. The van der Waals surface area contributed by atoms with E-state index in [9.17, 15) is 0 Å². The molecule has 0 saturated carbocycles. The average Bonchev–Trinajstić information content (AvgIpc) is 2.86. The minimum Gasteiger partial charge on any atom is -0.454 e. The second-order valence-corrected chi connectivity index (χ2v) is 4.57. The molecule has 1 aliphatic heterocycles. The van der Waals surface area contributed by atoms with Gasteiger partial charge in [-0.3, -0.25) is 0 Å². The lowest BCUT2D eigenvalue weighted by atomic mass is 10.0. The highest BCUT2D eigenvalue weighted by atomic mass is 16.7. The summed E-state index contributed by atoms with van der Waals surface area (Å²) in [4.78, 5) is 0. The van der Waals surface area contributed by atoms with Crippen molar-refractivity contribution in [3.05, 3.63) is 23.8 Å². The standard InChI is InChI=1S/C14H21NO3/c1-2-11(6-7-16)8-15-9-12-4-3-5-13-14(12)18-10-17-13/h3-5,11,15-16H,2,6-10H2,1H3. The SMILES string of the molecule is CCC(CCO)CNCc1cccc2c1OCO2. The Morgan fingerprint density at radius 3 is 3.06 bits per heavy atom. The van der Waals surface area contributed by atoms with Gasteiger partial charge in [-0.25, -0.2) is 0 Å². The third-order valence-corrected chi connectivity index (χ3v) is 3.34. The first-order chi connectivity index (χ1) is 8.85. The van der Waals surface area contributed by atoms with E-state index in [1.54, 1.807) is 0 Å². The van der Waals surface area contributed by atoms with Crippen LogP contribution in [0.25, 0.3) is 0 Å². The normalized spacial score (nSPS) is 14.8. The fourth-order valence-corrected chi connectivity index (χ4v) is 2.17.